The van der Waals surface area contributed by atoms with Crippen molar-refractivity contribution in [1.82, 2.24) is 10.6 Å². The Balaban J connectivity index is 1.70. The molecule has 0 bridgehead atoms. The van der Waals surface area contributed by atoms with Crippen LogP contribution in [0.3, 0.4) is 0 Å². The van der Waals surface area contributed by atoms with Gasteiger partial charge in [-0.25, -0.2) is 4.79 Å². The van der Waals surface area contributed by atoms with Crippen LogP contribution in [0.4, 0.5) is 4.79 Å². The van der Waals surface area contributed by atoms with Gasteiger partial charge in [-0.1, -0.05) is 41.9 Å². The topological polar surface area (TPSA) is 163 Å². The van der Waals surface area contributed by atoms with Gasteiger partial charge in [-0.2, -0.15) is 0 Å². The van der Waals surface area contributed by atoms with E-state index in [-0.39, 0.29) is 34.9 Å². The standard InChI is InChI=1S/C27H35ClN6O4/c1-16(21(12-22(28)30)25(31)37-2)32-14-20(13-29)33-26(35)24(23(18-8-9-18)19-10-11-19)34-27(36)38-15-17-6-4-3-5-7-17/h3-7,12-14,16,18-19,23-24,30-31H,8-11,15,29H2,1-2H3,(H,33,35)(H,34,36)/b20-13+,21-12-,30-22?,31-25?,32-14?. The number of hydrogen-bond acceptors (Lipinski definition) is 8. The van der Waals surface area contributed by atoms with Gasteiger partial charge in [-0.05, 0) is 62.0 Å². The molecule has 3 rings (SSSR count). The lowest BCUT2D eigenvalue weighted by molar-refractivity contribution is -0.124. The first-order chi connectivity index (χ1) is 18.2. The fourth-order valence-electron chi connectivity index (χ4n) is 4.36. The predicted molar refractivity (Wildman–Crippen MR) is 147 cm³/mol. The summed E-state index contributed by atoms with van der Waals surface area (Å²) in [7, 11) is 1.34. The number of allylic oxidation sites excluding steroid dienone is 2. The summed E-state index contributed by atoms with van der Waals surface area (Å²) in [6.07, 6.45) is 7.30. The highest BCUT2D eigenvalue weighted by Crippen LogP contribution is 2.50. The Morgan fingerprint density at radius 2 is 1.82 bits per heavy atom. The second-order valence-corrected chi connectivity index (χ2v) is 9.89. The van der Waals surface area contributed by atoms with E-state index in [4.69, 9.17) is 37.6 Å². The van der Waals surface area contributed by atoms with Gasteiger partial charge in [0, 0.05) is 18.0 Å². The lowest BCUT2D eigenvalue weighted by Gasteiger charge is -2.27. The van der Waals surface area contributed by atoms with Gasteiger partial charge in [0.2, 0.25) is 11.8 Å². The maximum absolute atomic E-state index is 13.5. The molecule has 0 saturated heterocycles. The van der Waals surface area contributed by atoms with E-state index in [1.54, 1.807) is 6.92 Å². The predicted octanol–water partition coefficient (Wildman–Crippen LogP) is 3.86. The van der Waals surface area contributed by atoms with Gasteiger partial charge in [0.05, 0.1) is 18.8 Å². The van der Waals surface area contributed by atoms with Gasteiger partial charge < -0.3 is 25.8 Å². The van der Waals surface area contributed by atoms with Crippen LogP contribution in [0, 0.1) is 28.6 Å². The third kappa shape index (κ3) is 8.72. The Kier molecular flexibility index (Phi) is 10.5. The van der Waals surface area contributed by atoms with Crippen molar-refractivity contribution in [3.63, 3.8) is 0 Å². The third-order valence-electron chi connectivity index (χ3n) is 6.57. The fourth-order valence-corrected chi connectivity index (χ4v) is 4.48. The van der Waals surface area contributed by atoms with Crippen LogP contribution in [0.15, 0.2) is 58.9 Å². The molecule has 1 aromatic carbocycles. The monoisotopic (exact) mass is 542 g/mol. The molecular formula is C27H35ClN6O4. The Morgan fingerprint density at radius 3 is 2.34 bits per heavy atom. The number of alkyl carbamates (subject to hydrolysis) is 1. The largest absolute Gasteiger partial charge is 0.481 e. The molecule has 0 heterocycles. The van der Waals surface area contributed by atoms with E-state index < -0.39 is 24.1 Å². The maximum atomic E-state index is 13.5. The van der Waals surface area contributed by atoms with E-state index >= 15 is 0 Å². The summed E-state index contributed by atoms with van der Waals surface area (Å²) in [5, 5.41) is 20.7. The minimum absolute atomic E-state index is 0.0145. The quantitative estimate of drug-likeness (QED) is 0.188. The molecule has 1 aromatic rings. The Morgan fingerprint density at radius 1 is 1.18 bits per heavy atom. The molecule has 10 nitrogen and oxygen atoms in total. The number of hydrogen-bond donors (Lipinski definition) is 5. The average Bonchev–Trinajstić information content (AvgIpc) is 3.83. The van der Waals surface area contributed by atoms with Crippen LogP contribution < -0.4 is 16.4 Å². The summed E-state index contributed by atoms with van der Waals surface area (Å²) in [6, 6.07) is 7.93. The average molecular weight is 543 g/mol. The Bertz CT molecular complexity index is 1100. The molecule has 2 aliphatic carbocycles. The smallest absolute Gasteiger partial charge is 0.408 e. The first-order valence-electron chi connectivity index (χ1n) is 12.5. The summed E-state index contributed by atoms with van der Waals surface area (Å²) < 4.78 is 10.4. The van der Waals surface area contributed by atoms with Crippen LogP contribution in [0.25, 0.3) is 0 Å². The van der Waals surface area contributed by atoms with Crippen molar-refractivity contribution in [3.8, 4) is 0 Å². The van der Waals surface area contributed by atoms with Crippen molar-refractivity contribution in [2.45, 2.75) is 51.3 Å². The molecule has 2 aliphatic rings. The second-order valence-electron chi connectivity index (χ2n) is 9.48. The van der Waals surface area contributed by atoms with Crippen molar-refractivity contribution < 1.29 is 19.1 Å². The number of nitrogens with zero attached hydrogens (tertiary/aromatic N) is 1. The number of nitrogens with one attached hydrogen (secondary N) is 4. The van der Waals surface area contributed by atoms with Crippen LogP contribution in [-0.4, -0.2) is 48.5 Å². The van der Waals surface area contributed by atoms with Gasteiger partial charge in [-0.15, -0.1) is 0 Å². The van der Waals surface area contributed by atoms with Crippen molar-refractivity contribution in [3.05, 3.63) is 59.4 Å². The highest BCUT2D eigenvalue weighted by atomic mass is 35.5. The minimum atomic E-state index is -0.784. The number of nitrogens with two attached hydrogens (primary N) is 1. The molecule has 2 unspecified atom stereocenters. The van der Waals surface area contributed by atoms with Crippen molar-refractivity contribution >= 4 is 40.9 Å². The van der Waals surface area contributed by atoms with Crippen molar-refractivity contribution in [2.24, 2.45) is 28.5 Å². The number of halogens is 1. The number of amides is 2. The molecule has 2 saturated carbocycles. The van der Waals surface area contributed by atoms with Crippen molar-refractivity contribution in [1.29, 1.82) is 10.8 Å². The Hall–Kier alpha value is -3.66. The van der Waals surface area contributed by atoms with E-state index in [0.717, 1.165) is 31.2 Å². The molecule has 38 heavy (non-hydrogen) atoms. The number of carbonyl (C=O) groups is 2. The Labute approximate surface area is 227 Å². The molecule has 2 fully saturated rings. The SMILES string of the molecule is COC(=N)/C(=C\C(=N)Cl)C(C)N=C/C(=C\N)NC(=O)C(NC(=O)OCc1ccccc1)C(C1CC1)C1CC1. The van der Waals surface area contributed by atoms with E-state index in [0.29, 0.717) is 11.8 Å². The lowest BCUT2D eigenvalue weighted by Crippen LogP contribution is -2.52. The van der Waals surface area contributed by atoms with Crippen LogP contribution in [0.2, 0.25) is 0 Å². The van der Waals surface area contributed by atoms with Gasteiger partial charge in [0.25, 0.3) is 0 Å². The number of ether oxygens (including phenoxy) is 2. The maximum Gasteiger partial charge on any atom is 0.408 e. The second kappa shape index (κ2) is 13.8. The summed E-state index contributed by atoms with van der Waals surface area (Å²) in [6.45, 7) is 1.79. The van der Waals surface area contributed by atoms with Crippen LogP contribution in [-0.2, 0) is 20.9 Å². The number of carbonyl (C=O) groups excluding carboxylic acids is 2. The van der Waals surface area contributed by atoms with Crippen molar-refractivity contribution in [2.75, 3.05) is 7.11 Å². The summed E-state index contributed by atoms with van der Waals surface area (Å²) in [5.74, 6) is 0.192. The number of benzene rings is 1. The molecule has 6 N–H and O–H groups in total. The molecule has 204 valence electrons. The van der Waals surface area contributed by atoms with Crippen LogP contribution in [0.5, 0.6) is 0 Å². The number of aliphatic imine (C=N–C) groups is 1. The minimum Gasteiger partial charge on any atom is -0.481 e. The number of rotatable bonds is 13. The molecule has 0 spiro atoms. The molecule has 2 atom stereocenters. The molecule has 0 aliphatic heterocycles. The molecule has 11 heteroatoms. The lowest BCUT2D eigenvalue weighted by atomic mass is 9.88. The van der Waals surface area contributed by atoms with Gasteiger partial charge in [0.15, 0.2) is 0 Å². The van der Waals surface area contributed by atoms with E-state index in [9.17, 15) is 9.59 Å². The highest BCUT2D eigenvalue weighted by Gasteiger charge is 2.48. The molecule has 0 radical (unpaired) electrons. The van der Waals surface area contributed by atoms with Crippen LogP contribution in [0.1, 0.15) is 38.2 Å². The molecular weight excluding hydrogens is 508 g/mol. The number of methoxy groups -OCH3 is 1. The van der Waals surface area contributed by atoms with Gasteiger partial charge in [0.1, 0.15) is 17.8 Å². The first kappa shape index (κ1) is 28.9. The summed E-state index contributed by atoms with van der Waals surface area (Å²) >= 11 is 5.67. The van der Waals surface area contributed by atoms with E-state index in [2.05, 4.69) is 15.6 Å². The summed E-state index contributed by atoms with van der Waals surface area (Å²) in [4.78, 5) is 30.5. The van der Waals surface area contributed by atoms with E-state index in [1.165, 1.54) is 25.6 Å². The molecule has 0 aromatic heterocycles. The van der Waals surface area contributed by atoms with Gasteiger partial charge in [-0.3, -0.25) is 20.6 Å². The summed E-state index contributed by atoms with van der Waals surface area (Å²) in [5.41, 5.74) is 7.13. The fraction of sp³-hybridized carbons (Fsp3) is 0.444. The zero-order valence-electron chi connectivity index (χ0n) is 21.6. The zero-order chi connectivity index (χ0) is 27.7. The zero-order valence-corrected chi connectivity index (χ0v) is 22.3. The van der Waals surface area contributed by atoms with Gasteiger partial charge >= 0.3 is 6.09 Å². The third-order valence-corrected chi connectivity index (χ3v) is 6.68. The molecule has 2 amide bonds. The van der Waals surface area contributed by atoms with Crippen LogP contribution >= 0.6 is 11.6 Å². The highest BCUT2D eigenvalue weighted by molar-refractivity contribution is 6.67. The first-order valence-corrected chi connectivity index (χ1v) is 12.9. The normalized spacial score (nSPS) is 17.6. The van der Waals surface area contributed by atoms with E-state index in [1.807, 2.05) is 30.3 Å².